The minimum atomic E-state index is 0.492. The molecule has 2 heterocycles. The van der Waals surface area contributed by atoms with Crippen LogP contribution in [-0.2, 0) is 5.75 Å². The van der Waals surface area contributed by atoms with Gasteiger partial charge in [0.2, 0.25) is 0 Å². The van der Waals surface area contributed by atoms with Crippen molar-refractivity contribution in [2.75, 3.05) is 12.0 Å². The zero-order valence-corrected chi connectivity index (χ0v) is 11.8. The highest BCUT2D eigenvalue weighted by molar-refractivity contribution is 7.99. The molecular weight excluding hydrogens is 266 g/mol. The van der Waals surface area contributed by atoms with Gasteiger partial charge in [-0.1, -0.05) is 11.8 Å². The van der Waals surface area contributed by atoms with Gasteiger partial charge in [-0.25, -0.2) is 9.97 Å². The number of nitrogen functional groups attached to an aromatic ring is 1. The highest BCUT2D eigenvalue weighted by Gasteiger charge is 2.04. The Kier molecular flexibility index (Phi) is 4.38. The standard InChI is InChI=1S/C11H13N5S2/c1-7-4-14-8(5-13-7)6-18-11-15-9(12)3-10(16-11)17-2/h3-5H,6H2,1-2H3,(H2,12,15,16). The first-order valence-corrected chi connectivity index (χ1v) is 7.47. The summed E-state index contributed by atoms with van der Waals surface area (Å²) >= 11 is 3.05. The molecule has 0 radical (unpaired) electrons. The van der Waals surface area contributed by atoms with Gasteiger partial charge < -0.3 is 5.73 Å². The van der Waals surface area contributed by atoms with E-state index < -0.39 is 0 Å². The molecule has 0 saturated heterocycles. The van der Waals surface area contributed by atoms with Crippen molar-refractivity contribution in [1.82, 2.24) is 19.9 Å². The van der Waals surface area contributed by atoms with E-state index in [1.807, 2.05) is 13.2 Å². The van der Waals surface area contributed by atoms with Crippen LogP contribution in [-0.4, -0.2) is 26.2 Å². The van der Waals surface area contributed by atoms with E-state index in [9.17, 15) is 0 Å². The van der Waals surface area contributed by atoms with E-state index in [1.165, 1.54) is 11.8 Å². The minimum absolute atomic E-state index is 0.492. The van der Waals surface area contributed by atoms with Gasteiger partial charge in [0.15, 0.2) is 5.16 Å². The van der Waals surface area contributed by atoms with Gasteiger partial charge in [-0.2, -0.15) is 0 Å². The number of aryl methyl sites for hydroxylation is 1. The van der Waals surface area contributed by atoms with Crippen LogP contribution in [0, 0.1) is 6.92 Å². The van der Waals surface area contributed by atoms with Crippen LogP contribution in [0.2, 0.25) is 0 Å². The average Bonchev–Trinajstić information content (AvgIpc) is 2.37. The van der Waals surface area contributed by atoms with Crippen molar-refractivity contribution in [2.24, 2.45) is 0 Å². The largest absolute Gasteiger partial charge is 0.384 e. The van der Waals surface area contributed by atoms with Crippen molar-refractivity contribution < 1.29 is 0 Å². The molecule has 0 unspecified atom stereocenters. The Bertz CT molecular complexity index is 529. The first kappa shape index (κ1) is 13.1. The topological polar surface area (TPSA) is 77.6 Å². The lowest BCUT2D eigenvalue weighted by molar-refractivity contribution is 0.899. The fourth-order valence-corrected chi connectivity index (χ4v) is 2.46. The van der Waals surface area contributed by atoms with Crippen LogP contribution in [0.25, 0.3) is 0 Å². The molecule has 2 aromatic rings. The zero-order chi connectivity index (χ0) is 13.0. The Morgan fingerprint density at radius 3 is 2.72 bits per heavy atom. The van der Waals surface area contributed by atoms with Gasteiger partial charge >= 0.3 is 0 Å². The third kappa shape index (κ3) is 3.58. The van der Waals surface area contributed by atoms with E-state index in [-0.39, 0.29) is 0 Å². The molecular formula is C11H13N5S2. The number of hydrogen-bond donors (Lipinski definition) is 1. The Labute approximate surface area is 114 Å². The third-order valence-electron chi connectivity index (χ3n) is 2.09. The van der Waals surface area contributed by atoms with Crippen LogP contribution in [0.3, 0.4) is 0 Å². The van der Waals surface area contributed by atoms with Gasteiger partial charge in [-0.15, -0.1) is 11.8 Å². The second kappa shape index (κ2) is 6.01. The molecule has 0 aliphatic carbocycles. The quantitative estimate of drug-likeness (QED) is 0.522. The van der Waals surface area contributed by atoms with E-state index in [1.54, 1.807) is 30.2 Å². The molecule has 0 amide bonds. The molecule has 7 heteroatoms. The SMILES string of the molecule is CSc1cc(N)nc(SCc2cnc(C)cn2)n1. The van der Waals surface area contributed by atoms with Crippen LogP contribution in [0.4, 0.5) is 5.82 Å². The molecule has 5 nitrogen and oxygen atoms in total. The lowest BCUT2D eigenvalue weighted by Crippen LogP contribution is -1.97. The molecule has 18 heavy (non-hydrogen) atoms. The van der Waals surface area contributed by atoms with E-state index >= 15 is 0 Å². The number of aromatic nitrogens is 4. The number of rotatable bonds is 4. The lowest BCUT2D eigenvalue weighted by atomic mass is 10.4. The van der Waals surface area contributed by atoms with Gasteiger partial charge in [-0.3, -0.25) is 9.97 Å². The summed E-state index contributed by atoms with van der Waals surface area (Å²) in [6, 6.07) is 1.76. The number of hydrogen-bond acceptors (Lipinski definition) is 7. The van der Waals surface area contributed by atoms with E-state index in [4.69, 9.17) is 5.73 Å². The second-order valence-corrected chi connectivity index (χ2v) is 5.32. The summed E-state index contributed by atoms with van der Waals surface area (Å²) in [5.74, 6) is 1.18. The number of nitrogens with two attached hydrogens (primary N) is 1. The van der Waals surface area contributed by atoms with E-state index in [2.05, 4.69) is 19.9 Å². The molecule has 0 aromatic carbocycles. The van der Waals surface area contributed by atoms with Crippen LogP contribution in [0.15, 0.2) is 28.6 Å². The molecule has 0 saturated carbocycles. The Morgan fingerprint density at radius 2 is 2.06 bits per heavy atom. The average molecular weight is 279 g/mol. The monoisotopic (exact) mass is 279 g/mol. The highest BCUT2D eigenvalue weighted by atomic mass is 32.2. The Hall–Kier alpha value is -1.34. The fraction of sp³-hybridized carbons (Fsp3) is 0.273. The summed E-state index contributed by atoms with van der Waals surface area (Å²) in [6.45, 7) is 1.91. The van der Waals surface area contributed by atoms with E-state index in [0.29, 0.717) is 16.7 Å². The summed E-state index contributed by atoms with van der Waals surface area (Å²) in [5.41, 5.74) is 7.53. The molecule has 2 rings (SSSR count). The van der Waals surface area contributed by atoms with Crippen molar-refractivity contribution in [1.29, 1.82) is 0 Å². The first-order valence-electron chi connectivity index (χ1n) is 5.26. The van der Waals surface area contributed by atoms with Gasteiger partial charge in [0, 0.05) is 24.2 Å². The Morgan fingerprint density at radius 1 is 1.22 bits per heavy atom. The summed E-state index contributed by atoms with van der Waals surface area (Å²) in [4.78, 5) is 17.0. The second-order valence-electron chi connectivity index (χ2n) is 3.56. The zero-order valence-electron chi connectivity index (χ0n) is 10.1. The van der Waals surface area contributed by atoms with Crippen molar-refractivity contribution in [2.45, 2.75) is 22.9 Å². The molecule has 2 N–H and O–H groups in total. The van der Waals surface area contributed by atoms with E-state index in [0.717, 1.165) is 16.4 Å². The normalized spacial score (nSPS) is 10.6. The summed E-state index contributed by atoms with van der Waals surface area (Å²) in [6.07, 6.45) is 5.48. The number of thioether (sulfide) groups is 2. The van der Waals surface area contributed by atoms with Crippen molar-refractivity contribution in [3.63, 3.8) is 0 Å². The van der Waals surface area contributed by atoms with Gasteiger partial charge in [0.05, 0.1) is 11.4 Å². The lowest BCUT2D eigenvalue weighted by Gasteiger charge is -2.03. The number of anilines is 1. The summed E-state index contributed by atoms with van der Waals surface area (Å²) in [7, 11) is 0. The van der Waals surface area contributed by atoms with Crippen molar-refractivity contribution >= 4 is 29.3 Å². The van der Waals surface area contributed by atoms with Gasteiger partial charge in [-0.05, 0) is 13.2 Å². The van der Waals surface area contributed by atoms with Crippen LogP contribution < -0.4 is 5.73 Å². The minimum Gasteiger partial charge on any atom is -0.384 e. The predicted molar refractivity (Wildman–Crippen MR) is 74.6 cm³/mol. The summed E-state index contributed by atoms with van der Waals surface area (Å²) in [5, 5.41) is 1.54. The predicted octanol–water partition coefficient (Wildman–Crippen LogP) is 2.17. The van der Waals surface area contributed by atoms with Crippen molar-refractivity contribution in [3.8, 4) is 0 Å². The summed E-state index contributed by atoms with van der Waals surface area (Å²) < 4.78 is 0. The highest BCUT2D eigenvalue weighted by Crippen LogP contribution is 2.22. The molecule has 94 valence electrons. The molecule has 0 spiro atoms. The fourth-order valence-electron chi connectivity index (χ4n) is 1.22. The van der Waals surface area contributed by atoms with Gasteiger partial charge in [0.25, 0.3) is 0 Å². The first-order chi connectivity index (χ1) is 8.67. The van der Waals surface area contributed by atoms with Crippen molar-refractivity contribution in [3.05, 3.63) is 29.8 Å². The Balaban J connectivity index is 2.05. The maximum absolute atomic E-state index is 5.72. The molecule has 0 aliphatic heterocycles. The number of nitrogens with zero attached hydrogens (tertiary/aromatic N) is 4. The maximum atomic E-state index is 5.72. The molecule has 0 atom stereocenters. The van der Waals surface area contributed by atoms with Crippen LogP contribution in [0.5, 0.6) is 0 Å². The molecule has 2 aromatic heterocycles. The molecule has 0 aliphatic rings. The molecule has 0 fully saturated rings. The van der Waals surface area contributed by atoms with Gasteiger partial charge in [0.1, 0.15) is 10.8 Å². The third-order valence-corrected chi connectivity index (χ3v) is 3.60. The van der Waals surface area contributed by atoms with Crippen LogP contribution >= 0.6 is 23.5 Å². The maximum Gasteiger partial charge on any atom is 0.190 e. The molecule has 0 bridgehead atoms. The smallest absolute Gasteiger partial charge is 0.190 e. The van der Waals surface area contributed by atoms with Crippen LogP contribution in [0.1, 0.15) is 11.4 Å².